The summed E-state index contributed by atoms with van der Waals surface area (Å²) >= 11 is 0. The molecule has 2 heterocycles. The first-order chi connectivity index (χ1) is 8.20. The molecule has 1 aromatic rings. The number of piperidine rings is 1. The molecule has 1 saturated heterocycles. The van der Waals surface area contributed by atoms with Crippen LogP contribution in [-0.4, -0.2) is 42.0 Å². The fraction of sp³-hybridized carbons (Fsp3) is 0.500. The van der Waals surface area contributed by atoms with Crippen LogP contribution in [0.1, 0.15) is 23.2 Å². The largest absolute Gasteiger partial charge is 0.337 e. The molecule has 0 aliphatic carbocycles. The van der Waals surface area contributed by atoms with Crippen molar-refractivity contribution < 1.29 is 4.79 Å². The summed E-state index contributed by atoms with van der Waals surface area (Å²) in [7, 11) is 1.91. The number of amides is 1. The third-order valence-electron chi connectivity index (χ3n) is 3.14. The Morgan fingerprint density at radius 3 is 3.12 bits per heavy atom. The maximum atomic E-state index is 12.2. The Balaban J connectivity index is 2.12. The van der Waals surface area contributed by atoms with Crippen molar-refractivity contribution in [3.05, 3.63) is 34.2 Å². The van der Waals surface area contributed by atoms with Crippen molar-refractivity contribution in [1.29, 1.82) is 0 Å². The topological polar surface area (TPSA) is 65.2 Å². The minimum Gasteiger partial charge on any atom is -0.337 e. The van der Waals surface area contributed by atoms with Gasteiger partial charge in [-0.1, -0.05) is 0 Å². The fourth-order valence-corrected chi connectivity index (χ4v) is 2.16. The Bertz CT molecular complexity index is 455. The van der Waals surface area contributed by atoms with E-state index in [2.05, 4.69) is 10.3 Å². The SMILES string of the molecule is CNC1CCCN(C(=O)c2cc[nH]c(=O)c2)C1. The third kappa shape index (κ3) is 2.74. The van der Waals surface area contributed by atoms with Crippen LogP contribution in [0.25, 0.3) is 0 Å². The molecule has 0 saturated carbocycles. The van der Waals surface area contributed by atoms with E-state index in [0.29, 0.717) is 18.2 Å². The quantitative estimate of drug-likeness (QED) is 0.769. The summed E-state index contributed by atoms with van der Waals surface area (Å²) in [6.07, 6.45) is 3.60. The molecule has 0 radical (unpaired) electrons. The minimum absolute atomic E-state index is 0.0592. The molecule has 2 rings (SSSR count). The molecule has 1 aliphatic heterocycles. The van der Waals surface area contributed by atoms with E-state index in [0.717, 1.165) is 19.4 Å². The first kappa shape index (κ1) is 11.9. The highest BCUT2D eigenvalue weighted by atomic mass is 16.2. The zero-order chi connectivity index (χ0) is 12.3. The smallest absolute Gasteiger partial charge is 0.254 e. The lowest BCUT2D eigenvalue weighted by atomic mass is 10.0. The van der Waals surface area contributed by atoms with Gasteiger partial charge in [-0.25, -0.2) is 0 Å². The van der Waals surface area contributed by atoms with Crippen molar-refractivity contribution in [2.24, 2.45) is 0 Å². The van der Waals surface area contributed by atoms with Gasteiger partial charge in [0.1, 0.15) is 0 Å². The summed E-state index contributed by atoms with van der Waals surface area (Å²) in [4.78, 5) is 27.6. The Labute approximate surface area is 99.8 Å². The van der Waals surface area contributed by atoms with E-state index in [9.17, 15) is 9.59 Å². The minimum atomic E-state index is -0.238. The van der Waals surface area contributed by atoms with Crippen LogP contribution in [-0.2, 0) is 0 Å². The highest BCUT2D eigenvalue weighted by Crippen LogP contribution is 2.12. The number of H-pyrrole nitrogens is 1. The molecular formula is C12H17N3O2. The van der Waals surface area contributed by atoms with Gasteiger partial charge in [0, 0.05) is 37.0 Å². The summed E-state index contributed by atoms with van der Waals surface area (Å²) in [6.45, 7) is 1.48. The van der Waals surface area contributed by atoms with Crippen LogP contribution < -0.4 is 10.9 Å². The molecule has 2 N–H and O–H groups in total. The third-order valence-corrected chi connectivity index (χ3v) is 3.14. The molecule has 1 aliphatic rings. The molecule has 1 atom stereocenters. The number of rotatable bonds is 2. The summed E-state index contributed by atoms with van der Waals surface area (Å²) in [5.74, 6) is -0.0592. The fourth-order valence-electron chi connectivity index (χ4n) is 2.16. The second-order valence-electron chi connectivity index (χ2n) is 4.32. The Morgan fingerprint density at radius 2 is 2.41 bits per heavy atom. The molecule has 5 nitrogen and oxygen atoms in total. The second kappa shape index (κ2) is 5.14. The molecule has 0 aromatic carbocycles. The van der Waals surface area contributed by atoms with E-state index >= 15 is 0 Å². The Morgan fingerprint density at radius 1 is 1.59 bits per heavy atom. The van der Waals surface area contributed by atoms with Crippen LogP contribution in [0.3, 0.4) is 0 Å². The predicted molar refractivity (Wildman–Crippen MR) is 65.0 cm³/mol. The zero-order valence-electron chi connectivity index (χ0n) is 9.90. The maximum absolute atomic E-state index is 12.2. The lowest BCUT2D eigenvalue weighted by Gasteiger charge is -2.32. The van der Waals surface area contributed by atoms with Gasteiger partial charge in [0.15, 0.2) is 0 Å². The number of carbonyl (C=O) groups excluding carboxylic acids is 1. The summed E-state index contributed by atoms with van der Waals surface area (Å²) < 4.78 is 0. The van der Waals surface area contributed by atoms with Gasteiger partial charge in [0.25, 0.3) is 5.91 Å². The van der Waals surface area contributed by atoms with E-state index < -0.39 is 0 Å². The van der Waals surface area contributed by atoms with Gasteiger partial charge in [0.2, 0.25) is 5.56 Å². The number of pyridine rings is 1. The van der Waals surface area contributed by atoms with Crippen LogP contribution in [0.4, 0.5) is 0 Å². The van der Waals surface area contributed by atoms with Crippen molar-refractivity contribution in [1.82, 2.24) is 15.2 Å². The number of hydrogen-bond donors (Lipinski definition) is 2. The van der Waals surface area contributed by atoms with Crippen molar-refractivity contribution >= 4 is 5.91 Å². The summed E-state index contributed by atoms with van der Waals surface area (Å²) in [5.41, 5.74) is 0.225. The first-order valence-electron chi connectivity index (χ1n) is 5.86. The second-order valence-corrected chi connectivity index (χ2v) is 4.32. The molecule has 1 aromatic heterocycles. The number of nitrogens with zero attached hydrogens (tertiary/aromatic N) is 1. The lowest BCUT2D eigenvalue weighted by Crippen LogP contribution is -2.47. The molecule has 1 fully saturated rings. The monoisotopic (exact) mass is 235 g/mol. The van der Waals surface area contributed by atoms with E-state index in [1.165, 1.54) is 12.3 Å². The van der Waals surface area contributed by atoms with Gasteiger partial charge < -0.3 is 15.2 Å². The number of carbonyl (C=O) groups is 1. The molecule has 5 heteroatoms. The zero-order valence-corrected chi connectivity index (χ0v) is 9.90. The normalized spacial score (nSPS) is 20.3. The van der Waals surface area contributed by atoms with Gasteiger partial charge in [-0.3, -0.25) is 9.59 Å². The van der Waals surface area contributed by atoms with Crippen molar-refractivity contribution in [2.45, 2.75) is 18.9 Å². The average molecular weight is 235 g/mol. The average Bonchev–Trinajstić information content (AvgIpc) is 2.38. The van der Waals surface area contributed by atoms with Crippen LogP contribution in [0, 0.1) is 0 Å². The molecule has 0 bridgehead atoms. The van der Waals surface area contributed by atoms with E-state index in [1.54, 1.807) is 11.0 Å². The van der Waals surface area contributed by atoms with E-state index in [1.807, 2.05) is 7.05 Å². The number of nitrogens with one attached hydrogen (secondary N) is 2. The van der Waals surface area contributed by atoms with Crippen LogP contribution in [0.15, 0.2) is 23.1 Å². The molecule has 1 unspecified atom stereocenters. The van der Waals surface area contributed by atoms with Crippen LogP contribution >= 0.6 is 0 Å². The van der Waals surface area contributed by atoms with Crippen LogP contribution in [0.2, 0.25) is 0 Å². The van der Waals surface area contributed by atoms with Crippen molar-refractivity contribution in [2.75, 3.05) is 20.1 Å². The van der Waals surface area contributed by atoms with Crippen LogP contribution in [0.5, 0.6) is 0 Å². The highest BCUT2D eigenvalue weighted by Gasteiger charge is 2.23. The Hall–Kier alpha value is -1.62. The lowest BCUT2D eigenvalue weighted by molar-refractivity contribution is 0.0698. The van der Waals surface area contributed by atoms with Gasteiger partial charge in [-0.2, -0.15) is 0 Å². The number of likely N-dealkylation sites (tertiary alicyclic amines) is 1. The van der Waals surface area contributed by atoms with Gasteiger partial charge in [0.05, 0.1) is 0 Å². The van der Waals surface area contributed by atoms with E-state index in [-0.39, 0.29) is 11.5 Å². The number of likely N-dealkylation sites (N-methyl/N-ethyl adjacent to an activating group) is 1. The molecule has 17 heavy (non-hydrogen) atoms. The molecule has 0 spiro atoms. The summed E-state index contributed by atoms with van der Waals surface area (Å²) in [6, 6.07) is 3.35. The van der Waals surface area contributed by atoms with Gasteiger partial charge in [-0.05, 0) is 26.0 Å². The molecule has 1 amide bonds. The molecule has 92 valence electrons. The maximum Gasteiger partial charge on any atom is 0.254 e. The number of aromatic nitrogens is 1. The van der Waals surface area contributed by atoms with Crippen molar-refractivity contribution in [3.8, 4) is 0 Å². The Kier molecular flexibility index (Phi) is 3.58. The molecular weight excluding hydrogens is 218 g/mol. The van der Waals surface area contributed by atoms with Gasteiger partial charge in [-0.15, -0.1) is 0 Å². The van der Waals surface area contributed by atoms with Crippen molar-refractivity contribution in [3.63, 3.8) is 0 Å². The number of aromatic amines is 1. The predicted octanol–water partition coefficient (Wildman–Crippen LogP) is 0.199. The number of hydrogen-bond acceptors (Lipinski definition) is 3. The highest BCUT2D eigenvalue weighted by molar-refractivity contribution is 5.94. The van der Waals surface area contributed by atoms with E-state index in [4.69, 9.17) is 0 Å². The summed E-state index contributed by atoms with van der Waals surface area (Å²) in [5, 5.41) is 3.19. The van der Waals surface area contributed by atoms with Gasteiger partial charge >= 0.3 is 0 Å². The first-order valence-corrected chi connectivity index (χ1v) is 5.86. The standard InChI is InChI=1S/C12H17N3O2/c1-13-10-3-2-6-15(8-10)12(17)9-4-5-14-11(16)7-9/h4-5,7,10,13H,2-3,6,8H2,1H3,(H,14,16).